The molecule has 8 nitrogen and oxygen atoms in total. The van der Waals surface area contributed by atoms with Gasteiger partial charge in [0.15, 0.2) is 21.5 Å². The highest BCUT2D eigenvalue weighted by atomic mass is 35.5. The van der Waals surface area contributed by atoms with Gasteiger partial charge < -0.3 is 20.6 Å². The Balaban J connectivity index is 1.39. The van der Waals surface area contributed by atoms with Gasteiger partial charge in [-0.3, -0.25) is 9.78 Å². The summed E-state index contributed by atoms with van der Waals surface area (Å²) in [5, 5.41) is 35.2. The molecular formula is C29H29ClF2N2O6S. The van der Waals surface area contributed by atoms with Crippen LogP contribution >= 0.6 is 11.6 Å². The fourth-order valence-corrected chi connectivity index (χ4v) is 8.87. The number of pyridine rings is 1. The standard InChI is InChI=1S/C29H29ClF2N2O6S/c1-15-10-18-12-20(14-21(15)29(18,38)27(36)26(35)16-6-8-33-9-7-16)41(39,40)25-11-17(2-4-22(25)30)28(37)34-19-3-5-23(31)24(32)13-19/h2-9,11,13,15,18,20-21,26-27,35-36,38H,10,12,14H2,1H3,(H,34,37)/t15-,18?,20?,21?,26?,27?,29+/m0/s1. The molecule has 1 amide bonds. The van der Waals surface area contributed by atoms with Gasteiger partial charge in [0.2, 0.25) is 0 Å². The predicted octanol–water partition coefficient (Wildman–Crippen LogP) is 4.30. The zero-order chi connectivity index (χ0) is 29.7. The number of fused-ring (bicyclic) bond motifs is 2. The lowest BCUT2D eigenvalue weighted by molar-refractivity contribution is -0.180. The molecule has 3 aromatic rings. The van der Waals surface area contributed by atoms with E-state index in [1.54, 1.807) is 0 Å². The summed E-state index contributed by atoms with van der Waals surface area (Å²) in [5.41, 5.74) is -1.41. The van der Waals surface area contributed by atoms with Gasteiger partial charge in [0.1, 0.15) is 12.2 Å². The minimum absolute atomic E-state index is 0.0121. The summed E-state index contributed by atoms with van der Waals surface area (Å²) in [6, 6.07) is 9.65. The predicted molar refractivity (Wildman–Crippen MR) is 147 cm³/mol. The van der Waals surface area contributed by atoms with E-state index in [2.05, 4.69) is 10.3 Å². The number of halogens is 3. The molecule has 2 aliphatic carbocycles. The van der Waals surface area contributed by atoms with E-state index < -0.39 is 62.3 Å². The van der Waals surface area contributed by atoms with Crippen LogP contribution in [0.25, 0.3) is 0 Å². The molecule has 0 saturated heterocycles. The Labute approximate surface area is 240 Å². The van der Waals surface area contributed by atoms with Crippen LogP contribution in [0.1, 0.15) is 48.2 Å². The lowest BCUT2D eigenvalue weighted by Crippen LogP contribution is -2.58. The van der Waals surface area contributed by atoms with Crippen LogP contribution in [0.15, 0.2) is 65.8 Å². The molecule has 0 aliphatic heterocycles. The number of carbonyl (C=O) groups is 1. The maximum atomic E-state index is 13.9. The zero-order valence-corrected chi connectivity index (χ0v) is 23.5. The maximum absolute atomic E-state index is 13.9. The molecule has 0 spiro atoms. The third-order valence-electron chi connectivity index (χ3n) is 8.59. The van der Waals surface area contributed by atoms with Crippen LogP contribution in [0.5, 0.6) is 0 Å². The number of aliphatic hydroxyl groups excluding tert-OH is 2. The molecule has 2 aromatic carbocycles. The van der Waals surface area contributed by atoms with Gasteiger partial charge in [-0.05, 0) is 85.0 Å². The number of rotatable bonds is 7. The fraction of sp³-hybridized carbons (Fsp3) is 0.379. The maximum Gasteiger partial charge on any atom is 0.255 e. The van der Waals surface area contributed by atoms with Gasteiger partial charge in [-0.1, -0.05) is 18.5 Å². The largest absolute Gasteiger partial charge is 0.387 e. The van der Waals surface area contributed by atoms with E-state index in [9.17, 15) is 37.3 Å². The van der Waals surface area contributed by atoms with Crippen molar-refractivity contribution < 1.29 is 37.3 Å². The number of nitrogens with zero attached hydrogens (tertiary/aromatic N) is 1. The first-order valence-electron chi connectivity index (χ1n) is 13.1. The number of amides is 1. The van der Waals surface area contributed by atoms with Crippen LogP contribution in [0.3, 0.4) is 0 Å². The monoisotopic (exact) mass is 606 g/mol. The number of nitrogens with one attached hydrogen (secondary N) is 1. The Kier molecular flexibility index (Phi) is 7.95. The first-order valence-corrected chi connectivity index (χ1v) is 15.0. The zero-order valence-electron chi connectivity index (χ0n) is 21.9. The summed E-state index contributed by atoms with van der Waals surface area (Å²) in [5.74, 6) is -4.36. The summed E-state index contributed by atoms with van der Waals surface area (Å²) in [7, 11) is -4.12. The molecule has 218 valence electrons. The van der Waals surface area contributed by atoms with Gasteiger partial charge in [0, 0.05) is 29.7 Å². The Bertz CT molecular complexity index is 1580. The molecular weight excluding hydrogens is 578 g/mol. The second kappa shape index (κ2) is 11.0. The van der Waals surface area contributed by atoms with Crippen LogP contribution < -0.4 is 5.32 Å². The normalized spacial score (nSPS) is 27.3. The van der Waals surface area contributed by atoms with Gasteiger partial charge in [-0.15, -0.1) is 0 Å². The molecule has 12 heteroatoms. The number of aliphatic hydroxyl groups is 3. The summed E-state index contributed by atoms with van der Waals surface area (Å²) < 4.78 is 54.6. The fourth-order valence-electron chi connectivity index (χ4n) is 6.49. The number of hydrogen-bond acceptors (Lipinski definition) is 7. The Morgan fingerprint density at radius 2 is 1.76 bits per heavy atom. The van der Waals surface area contributed by atoms with Crippen molar-refractivity contribution in [3.8, 4) is 0 Å². The van der Waals surface area contributed by atoms with Gasteiger partial charge in [0.05, 0.1) is 20.8 Å². The van der Waals surface area contributed by atoms with Crippen molar-refractivity contribution in [2.45, 2.75) is 54.1 Å². The van der Waals surface area contributed by atoms with Crippen LogP contribution in [0.4, 0.5) is 14.5 Å². The van der Waals surface area contributed by atoms with E-state index >= 15 is 0 Å². The Hall–Kier alpha value is -2.96. The highest BCUT2D eigenvalue weighted by Gasteiger charge is 2.62. The minimum Gasteiger partial charge on any atom is -0.387 e. The van der Waals surface area contributed by atoms with E-state index in [-0.39, 0.29) is 39.9 Å². The number of anilines is 1. The highest BCUT2D eigenvalue weighted by Crippen LogP contribution is 2.57. The number of carbonyl (C=O) groups excluding carboxylic acids is 1. The minimum atomic E-state index is -4.12. The third kappa shape index (κ3) is 5.25. The van der Waals surface area contributed by atoms with E-state index in [4.69, 9.17) is 11.6 Å². The molecule has 2 saturated carbocycles. The lowest BCUT2D eigenvalue weighted by atomic mass is 9.68. The van der Waals surface area contributed by atoms with E-state index in [0.717, 1.165) is 18.2 Å². The molecule has 0 radical (unpaired) electrons. The number of sulfone groups is 1. The van der Waals surface area contributed by atoms with Gasteiger partial charge in [0.25, 0.3) is 5.91 Å². The highest BCUT2D eigenvalue weighted by molar-refractivity contribution is 7.92. The average Bonchev–Trinajstić information content (AvgIpc) is 3.07. The first kappa shape index (κ1) is 29.5. The molecule has 1 aromatic heterocycles. The molecule has 5 rings (SSSR count). The first-order chi connectivity index (χ1) is 19.3. The quantitative estimate of drug-likeness (QED) is 0.315. The third-order valence-corrected chi connectivity index (χ3v) is 11.2. The van der Waals surface area contributed by atoms with Gasteiger partial charge in [-0.25, -0.2) is 17.2 Å². The van der Waals surface area contributed by atoms with Crippen molar-refractivity contribution in [1.82, 2.24) is 4.98 Å². The topological polar surface area (TPSA) is 137 Å². The molecule has 1 heterocycles. The van der Waals surface area contributed by atoms with Crippen molar-refractivity contribution in [3.05, 3.63) is 88.7 Å². The smallest absolute Gasteiger partial charge is 0.255 e. The molecule has 5 unspecified atom stereocenters. The lowest BCUT2D eigenvalue weighted by Gasteiger charge is -2.47. The van der Waals surface area contributed by atoms with E-state index in [1.165, 1.54) is 42.7 Å². The number of hydrogen-bond donors (Lipinski definition) is 4. The van der Waals surface area contributed by atoms with Crippen molar-refractivity contribution in [3.63, 3.8) is 0 Å². The number of benzene rings is 2. The second-order valence-electron chi connectivity index (χ2n) is 10.9. The SMILES string of the molecule is C[C@H]1CC2CC(S(=O)(=O)c3cc(C(=O)Nc4ccc(F)c(F)c4)ccc3Cl)CC1[C@@]2(O)C(O)C(O)c1ccncc1. The average molecular weight is 607 g/mol. The molecule has 4 N–H and O–H groups in total. The summed E-state index contributed by atoms with van der Waals surface area (Å²) in [6.45, 7) is 1.88. The summed E-state index contributed by atoms with van der Waals surface area (Å²) in [6.07, 6.45) is 0.460. The molecule has 2 fully saturated rings. The van der Waals surface area contributed by atoms with Crippen LogP contribution in [0, 0.1) is 29.4 Å². The van der Waals surface area contributed by atoms with E-state index in [0.29, 0.717) is 12.0 Å². The Morgan fingerprint density at radius 1 is 1.05 bits per heavy atom. The summed E-state index contributed by atoms with van der Waals surface area (Å²) in [4.78, 5) is 16.5. The molecule has 7 atom stereocenters. The molecule has 2 bridgehead atoms. The van der Waals surface area contributed by atoms with Gasteiger partial charge >= 0.3 is 0 Å². The molecule has 2 aliphatic rings. The van der Waals surface area contributed by atoms with Crippen molar-refractivity contribution >= 4 is 33.0 Å². The summed E-state index contributed by atoms with van der Waals surface area (Å²) >= 11 is 6.31. The van der Waals surface area contributed by atoms with Crippen molar-refractivity contribution in [2.24, 2.45) is 17.8 Å². The molecule has 41 heavy (non-hydrogen) atoms. The number of aromatic nitrogens is 1. The van der Waals surface area contributed by atoms with Crippen LogP contribution in [0.2, 0.25) is 5.02 Å². The van der Waals surface area contributed by atoms with Crippen molar-refractivity contribution in [1.29, 1.82) is 0 Å². The van der Waals surface area contributed by atoms with Gasteiger partial charge in [-0.2, -0.15) is 0 Å². The Morgan fingerprint density at radius 3 is 2.41 bits per heavy atom. The van der Waals surface area contributed by atoms with Crippen molar-refractivity contribution in [2.75, 3.05) is 5.32 Å². The van der Waals surface area contributed by atoms with Crippen LogP contribution in [-0.4, -0.2) is 51.6 Å². The van der Waals surface area contributed by atoms with Crippen LogP contribution in [-0.2, 0) is 9.84 Å². The van der Waals surface area contributed by atoms with E-state index in [1.807, 2.05) is 6.92 Å². The second-order valence-corrected chi connectivity index (χ2v) is 13.5.